The number of esters is 1. The number of nitrogens with one attached hydrogen (secondary N) is 1. The van der Waals surface area contributed by atoms with Crippen LogP contribution >= 0.6 is 11.8 Å². The van der Waals surface area contributed by atoms with Crippen LogP contribution in [0.2, 0.25) is 0 Å². The van der Waals surface area contributed by atoms with Crippen molar-refractivity contribution in [2.24, 2.45) is 0 Å². The number of nitrogens with zero attached hydrogens (tertiary/aromatic N) is 2. The number of thioether (sulfide) groups is 1. The molecule has 2 aromatic rings. The van der Waals surface area contributed by atoms with Gasteiger partial charge in [-0.05, 0) is 39.0 Å². The third-order valence-electron chi connectivity index (χ3n) is 3.79. The Kier molecular flexibility index (Phi) is 6.98. The van der Waals surface area contributed by atoms with Gasteiger partial charge in [-0.1, -0.05) is 11.8 Å². The van der Waals surface area contributed by atoms with Crippen LogP contribution in [0, 0.1) is 0 Å². The minimum absolute atomic E-state index is 0.0466. The molecular formula is C18H23N3O5S. The Morgan fingerprint density at radius 1 is 1.37 bits per heavy atom. The largest absolute Gasteiger partial charge is 0.465 e. The number of carbonyl (C=O) groups excluding carboxylic acids is 2. The molecule has 0 bridgehead atoms. The van der Waals surface area contributed by atoms with Crippen molar-refractivity contribution in [2.45, 2.75) is 43.8 Å². The molecule has 0 unspecified atom stereocenters. The van der Waals surface area contributed by atoms with Crippen molar-refractivity contribution in [3.63, 3.8) is 0 Å². The molecule has 2 rings (SSSR count). The molecule has 2 N–H and O–H groups in total. The van der Waals surface area contributed by atoms with Gasteiger partial charge in [0.15, 0.2) is 5.16 Å². The molecule has 0 aliphatic heterocycles. The van der Waals surface area contributed by atoms with E-state index in [1.54, 1.807) is 13.8 Å². The summed E-state index contributed by atoms with van der Waals surface area (Å²) in [5.41, 5.74) is 0.260. The van der Waals surface area contributed by atoms with E-state index in [1.165, 1.54) is 29.9 Å². The van der Waals surface area contributed by atoms with E-state index in [0.717, 1.165) is 11.8 Å². The number of amides is 1. The Morgan fingerprint density at radius 3 is 2.67 bits per heavy atom. The maximum absolute atomic E-state index is 12.9. The third-order valence-corrected chi connectivity index (χ3v) is 4.88. The number of rotatable bonds is 7. The molecule has 9 heteroatoms. The van der Waals surface area contributed by atoms with Crippen LogP contribution in [0.25, 0.3) is 10.9 Å². The minimum Gasteiger partial charge on any atom is -0.465 e. The average Bonchev–Trinajstić information content (AvgIpc) is 2.63. The summed E-state index contributed by atoms with van der Waals surface area (Å²) in [6.07, 6.45) is -0.768. The number of ether oxygens (including phenoxy) is 1. The zero-order chi connectivity index (χ0) is 20.1. The van der Waals surface area contributed by atoms with Crippen molar-refractivity contribution in [2.75, 3.05) is 13.7 Å². The average molecular weight is 393 g/mol. The SMILES string of the molecule is CCNC(=O)[C@H](C)Sc1nc2cc(C(=O)OC)ccc2c(=O)n1C[C@@H](C)O. The molecule has 27 heavy (non-hydrogen) atoms. The molecule has 0 aliphatic carbocycles. The highest BCUT2D eigenvalue weighted by molar-refractivity contribution is 8.00. The molecule has 1 aromatic carbocycles. The van der Waals surface area contributed by atoms with Crippen molar-refractivity contribution < 1.29 is 19.4 Å². The monoisotopic (exact) mass is 393 g/mol. The molecule has 8 nitrogen and oxygen atoms in total. The van der Waals surface area contributed by atoms with Crippen LogP contribution in [-0.4, -0.2) is 51.5 Å². The highest BCUT2D eigenvalue weighted by Gasteiger charge is 2.20. The number of aliphatic hydroxyl groups is 1. The fourth-order valence-electron chi connectivity index (χ4n) is 2.49. The predicted octanol–water partition coefficient (Wildman–Crippen LogP) is 1.18. The van der Waals surface area contributed by atoms with E-state index in [2.05, 4.69) is 10.3 Å². The number of benzene rings is 1. The van der Waals surface area contributed by atoms with Crippen LogP contribution in [0.1, 0.15) is 31.1 Å². The lowest BCUT2D eigenvalue weighted by Gasteiger charge is -2.17. The van der Waals surface area contributed by atoms with E-state index in [4.69, 9.17) is 4.74 Å². The van der Waals surface area contributed by atoms with Crippen molar-refractivity contribution >= 4 is 34.5 Å². The van der Waals surface area contributed by atoms with Gasteiger partial charge in [0.05, 0.1) is 41.5 Å². The van der Waals surface area contributed by atoms with Crippen molar-refractivity contribution in [3.8, 4) is 0 Å². The van der Waals surface area contributed by atoms with Crippen LogP contribution in [0.15, 0.2) is 28.2 Å². The number of carbonyl (C=O) groups is 2. The zero-order valence-corrected chi connectivity index (χ0v) is 16.5. The molecule has 1 heterocycles. The Balaban J connectivity index is 2.58. The Labute approximate surface area is 160 Å². The summed E-state index contributed by atoms with van der Waals surface area (Å²) < 4.78 is 6.06. The normalized spacial score (nSPS) is 13.2. The van der Waals surface area contributed by atoms with Crippen LogP contribution in [0.3, 0.4) is 0 Å². The zero-order valence-electron chi connectivity index (χ0n) is 15.7. The molecule has 0 saturated carbocycles. The van der Waals surface area contributed by atoms with Gasteiger partial charge in [0.25, 0.3) is 5.56 Å². The Bertz CT molecular complexity index is 910. The fourth-order valence-corrected chi connectivity index (χ4v) is 3.43. The summed E-state index contributed by atoms with van der Waals surface area (Å²) in [5, 5.41) is 12.6. The van der Waals surface area contributed by atoms with Gasteiger partial charge in [-0.2, -0.15) is 0 Å². The summed E-state index contributed by atoms with van der Waals surface area (Å²) in [5.74, 6) is -0.708. The lowest BCUT2D eigenvalue weighted by Crippen LogP contribution is -2.32. The number of aromatic nitrogens is 2. The van der Waals surface area contributed by atoms with Gasteiger partial charge >= 0.3 is 5.97 Å². The van der Waals surface area contributed by atoms with Crippen LogP contribution < -0.4 is 10.9 Å². The molecule has 2 atom stereocenters. The first kappa shape index (κ1) is 20.9. The fraction of sp³-hybridized carbons (Fsp3) is 0.444. The van der Waals surface area contributed by atoms with E-state index in [0.29, 0.717) is 22.6 Å². The highest BCUT2D eigenvalue weighted by Crippen LogP contribution is 2.23. The van der Waals surface area contributed by atoms with E-state index in [-0.39, 0.29) is 23.6 Å². The smallest absolute Gasteiger partial charge is 0.337 e. The second-order valence-electron chi connectivity index (χ2n) is 6.04. The van der Waals surface area contributed by atoms with Crippen molar-refractivity contribution in [1.29, 1.82) is 0 Å². The van der Waals surface area contributed by atoms with E-state index >= 15 is 0 Å². The van der Waals surface area contributed by atoms with E-state index < -0.39 is 17.3 Å². The van der Waals surface area contributed by atoms with Gasteiger partial charge in [0.2, 0.25) is 5.91 Å². The summed E-state index contributed by atoms with van der Waals surface area (Å²) in [6, 6.07) is 4.49. The molecule has 0 radical (unpaired) electrons. The number of aliphatic hydroxyl groups excluding tert-OH is 1. The third kappa shape index (κ3) is 4.86. The lowest BCUT2D eigenvalue weighted by molar-refractivity contribution is -0.120. The summed E-state index contributed by atoms with van der Waals surface area (Å²) >= 11 is 1.12. The van der Waals surface area contributed by atoms with Crippen molar-refractivity contribution in [1.82, 2.24) is 14.9 Å². The molecule has 0 spiro atoms. The second kappa shape index (κ2) is 9.01. The maximum Gasteiger partial charge on any atom is 0.337 e. The first-order valence-electron chi connectivity index (χ1n) is 8.53. The molecule has 1 amide bonds. The predicted molar refractivity (Wildman–Crippen MR) is 103 cm³/mol. The first-order valence-corrected chi connectivity index (χ1v) is 9.41. The Hall–Kier alpha value is -2.39. The molecule has 0 fully saturated rings. The molecular weight excluding hydrogens is 370 g/mol. The number of hydrogen-bond donors (Lipinski definition) is 2. The van der Waals surface area contributed by atoms with Gasteiger partial charge in [-0.15, -0.1) is 0 Å². The summed E-state index contributed by atoms with van der Waals surface area (Å²) in [6.45, 7) is 5.65. The Morgan fingerprint density at radius 2 is 2.07 bits per heavy atom. The van der Waals surface area contributed by atoms with Crippen molar-refractivity contribution in [3.05, 3.63) is 34.1 Å². The minimum atomic E-state index is -0.768. The van der Waals surface area contributed by atoms with Crippen LogP contribution in [-0.2, 0) is 16.1 Å². The summed E-state index contributed by atoms with van der Waals surface area (Å²) in [7, 11) is 1.27. The molecule has 0 saturated heterocycles. The molecule has 1 aromatic heterocycles. The van der Waals surface area contributed by atoms with Crippen LogP contribution in [0.5, 0.6) is 0 Å². The van der Waals surface area contributed by atoms with Gasteiger partial charge in [-0.25, -0.2) is 9.78 Å². The lowest BCUT2D eigenvalue weighted by atomic mass is 10.1. The standard InChI is InChI=1S/C18H23N3O5S/c1-5-19-15(23)11(3)27-18-20-14-8-12(17(25)26-4)6-7-13(14)16(24)21(18)9-10(2)22/h6-8,10-11,22H,5,9H2,1-4H3,(H,19,23)/t10-,11+/m1/s1. The second-order valence-corrected chi connectivity index (χ2v) is 7.35. The van der Waals surface area contributed by atoms with Crippen LogP contribution in [0.4, 0.5) is 0 Å². The van der Waals surface area contributed by atoms with E-state index in [9.17, 15) is 19.5 Å². The summed E-state index contributed by atoms with van der Waals surface area (Å²) in [4.78, 5) is 41.2. The quantitative estimate of drug-likeness (QED) is 0.413. The van der Waals surface area contributed by atoms with Gasteiger partial charge in [0.1, 0.15) is 0 Å². The maximum atomic E-state index is 12.9. The highest BCUT2D eigenvalue weighted by atomic mass is 32.2. The van der Waals surface area contributed by atoms with Gasteiger partial charge in [-0.3, -0.25) is 14.2 Å². The topological polar surface area (TPSA) is 111 Å². The van der Waals surface area contributed by atoms with Gasteiger partial charge in [0, 0.05) is 6.54 Å². The number of hydrogen-bond acceptors (Lipinski definition) is 7. The number of fused-ring (bicyclic) bond motifs is 1. The number of methoxy groups -OCH3 is 1. The first-order chi connectivity index (χ1) is 12.8. The molecule has 146 valence electrons. The molecule has 0 aliphatic rings. The van der Waals surface area contributed by atoms with Gasteiger partial charge < -0.3 is 15.2 Å². The van der Waals surface area contributed by atoms with E-state index in [1.807, 2.05) is 6.92 Å².